The first kappa shape index (κ1) is 20.5. The Hall–Kier alpha value is -1.73. The summed E-state index contributed by atoms with van der Waals surface area (Å²) in [6.07, 6.45) is 0.405. The Morgan fingerprint density at radius 2 is 1.83 bits per heavy atom. The van der Waals surface area contributed by atoms with Crippen molar-refractivity contribution in [3.8, 4) is 0 Å². The van der Waals surface area contributed by atoms with E-state index >= 15 is 0 Å². The van der Waals surface area contributed by atoms with E-state index in [0.29, 0.717) is 19.4 Å². The minimum atomic E-state index is -2.60. The van der Waals surface area contributed by atoms with Crippen LogP contribution in [0.3, 0.4) is 0 Å². The number of likely N-dealkylation sites (tertiary alicyclic amines) is 1. The number of aliphatic hydroxyl groups is 1. The van der Waals surface area contributed by atoms with Crippen molar-refractivity contribution in [1.29, 1.82) is 0 Å². The molecule has 2 heterocycles. The minimum Gasteiger partial charge on any atom is -0.444 e. The fourth-order valence-electron chi connectivity index (χ4n) is 4.82. The molecule has 2 saturated heterocycles. The molecule has 2 aliphatic heterocycles. The highest BCUT2D eigenvalue weighted by atomic mass is 19.3. The van der Waals surface area contributed by atoms with Gasteiger partial charge in [0.15, 0.2) is 0 Å². The quantitative estimate of drug-likeness (QED) is 0.787. The Morgan fingerprint density at radius 1 is 1.21 bits per heavy atom. The molecule has 160 valence electrons. The third-order valence-electron chi connectivity index (χ3n) is 6.30. The summed E-state index contributed by atoms with van der Waals surface area (Å²) in [6, 6.07) is 7.10. The van der Waals surface area contributed by atoms with E-state index in [-0.39, 0.29) is 32.1 Å². The number of carbonyl (C=O) groups excluding carboxylic acids is 1. The van der Waals surface area contributed by atoms with Gasteiger partial charge >= 0.3 is 6.09 Å². The van der Waals surface area contributed by atoms with Crippen molar-refractivity contribution in [3.63, 3.8) is 0 Å². The third kappa shape index (κ3) is 3.99. The first-order chi connectivity index (χ1) is 13.4. The summed E-state index contributed by atoms with van der Waals surface area (Å²) in [5.41, 5.74) is -0.384. The van der Waals surface area contributed by atoms with Gasteiger partial charge in [-0.1, -0.05) is 24.3 Å². The molecule has 0 unspecified atom stereocenters. The molecule has 7 heteroatoms. The zero-order valence-corrected chi connectivity index (χ0v) is 17.2. The van der Waals surface area contributed by atoms with Crippen LogP contribution >= 0.6 is 0 Å². The second-order valence-electron chi connectivity index (χ2n) is 10.00. The molecule has 3 aliphatic rings. The number of rotatable bonds is 2. The summed E-state index contributed by atoms with van der Waals surface area (Å²) in [7, 11) is 0. The summed E-state index contributed by atoms with van der Waals surface area (Å²) >= 11 is 0. The normalized spacial score (nSPS) is 27.1. The lowest BCUT2D eigenvalue weighted by Gasteiger charge is -2.54. The van der Waals surface area contributed by atoms with E-state index in [9.17, 15) is 18.7 Å². The van der Waals surface area contributed by atoms with Gasteiger partial charge in [-0.05, 0) is 50.2 Å². The molecule has 1 aromatic rings. The number of hydrogen-bond acceptors (Lipinski definition) is 4. The van der Waals surface area contributed by atoms with Crippen LogP contribution < -0.4 is 0 Å². The lowest BCUT2D eigenvalue weighted by Crippen LogP contribution is -2.54. The summed E-state index contributed by atoms with van der Waals surface area (Å²) in [4.78, 5) is 14.5. The molecule has 0 bridgehead atoms. The molecule has 29 heavy (non-hydrogen) atoms. The molecule has 0 radical (unpaired) electrons. The van der Waals surface area contributed by atoms with E-state index in [4.69, 9.17) is 9.47 Å². The topological polar surface area (TPSA) is 59.0 Å². The summed E-state index contributed by atoms with van der Waals surface area (Å²) in [5, 5.41) is 10.4. The minimum absolute atomic E-state index is 0.117. The predicted molar refractivity (Wildman–Crippen MR) is 103 cm³/mol. The van der Waals surface area contributed by atoms with E-state index in [2.05, 4.69) is 0 Å². The number of halogens is 2. The number of ether oxygens (including phenoxy) is 2. The number of benzene rings is 1. The van der Waals surface area contributed by atoms with Crippen molar-refractivity contribution in [2.45, 2.75) is 69.6 Å². The second-order valence-corrected chi connectivity index (χ2v) is 10.00. The van der Waals surface area contributed by atoms with Crippen LogP contribution in [0.25, 0.3) is 0 Å². The van der Waals surface area contributed by atoms with E-state index in [1.165, 1.54) is 0 Å². The number of nitrogens with zero attached hydrogens (tertiary/aromatic N) is 1. The standard InChI is InChI=1S/C22H29F2NO4/c1-19(2,3)29-18(26)25-9-8-20(11-22(23,24)12-20)10-17(25)15-4-6-16(7-5-15)21(27)13-28-14-21/h4-7,17,27H,8-14H2,1-3H3/t17-/m1/s1. The molecule has 5 nitrogen and oxygen atoms in total. The molecule has 3 fully saturated rings. The Balaban J connectivity index is 1.58. The van der Waals surface area contributed by atoms with Gasteiger partial charge in [0.25, 0.3) is 0 Å². The average molecular weight is 409 g/mol. The third-order valence-corrected chi connectivity index (χ3v) is 6.30. The Morgan fingerprint density at radius 3 is 2.31 bits per heavy atom. The van der Waals surface area contributed by atoms with Gasteiger partial charge in [0, 0.05) is 19.4 Å². The molecular formula is C22H29F2NO4. The lowest BCUT2D eigenvalue weighted by molar-refractivity contribution is -0.185. The van der Waals surface area contributed by atoms with Crippen molar-refractivity contribution in [1.82, 2.24) is 4.90 Å². The van der Waals surface area contributed by atoms with Gasteiger partial charge in [-0.25, -0.2) is 13.6 Å². The number of alkyl halides is 2. The second kappa shape index (κ2) is 6.64. The highest BCUT2D eigenvalue weighted by molar-refractivity contribution is 5.69. The van der Waals surface area contributed by atoms with Crippen molar-refractivity contribution in [2.24, 2.45) is 5.41 Å². The van der Waals surface area contributed by atoms with Crippen LogP contribution in [0.15, 0.2) is 24.3 Å². The zero-order chi connectivity index (χ0) is 21.1. The number of carbonyl (C=O) groups is 1. The van der Waals surface area contributed by atoms with E-state index in [1.807, 2.05) is 45.0 Å². The van der Waals surface area contributed by atoms with Crippen LogP contribution in [0.1, 0.15) is 63.6 Å². The summed E-state index contributed by atoms with van der Waals surface area (Å²) < 4.78 is 38.0. The van der Waals surface area contributed by atoms with Crippen LogP contribution in [0.2, 0.25) is 0 Å². The smallest absolute Gasteiger partial charge is 0.410 e. The lowest BCUT2D eigenvalue weighted by atomic mass is 9.59. The Kier molecular flexibility index (Phi) is 4.70. The van der Waals surface area contributed by atoms with Gasteiger partial charge in [0.05, 0.1) is 19.3 Å². The maximum Gasteiger partial charge on any atom is 0.410 e. The number of piperidine rings is 1. The largest absolute Gasteiger partial charge is 0.444 e. The molecule has 1 atom stereocenters. The van der Waals surface area contributed by atoms with Crippen LogP contribution in [-0.4, -0.2) is 47.4 Å². The Bertz CT molecular complexity index is 775. The highest BCUT2D eigenvalue weighted by Crippen LogP contribution is 2.60. The van der Waals surface area contributed by atoms with Gasteiger partial charge in [-0.2, -0.15) is 0 Å². The van der Waals surface area contributed by atoms with Crippen molar-refractivity contribution >= 4 is 6.09 Å². The van der Waals surface area contributed by atoms with Gasteiger partial charge in [0.1, 0.15) is 11.2 Å². The fraction of sp³-hybridized carbons (Fsp3) is 0.682. The first-order valence-electron chi connectivity index (χ1n) is 10.2. The first-order valence-corrected chi connectivity index (χ1v) is 10.2. The molecule has 1 saturated carbocycles. The molecular weight excluding hydrogens is 380 g/mol. The molecule has 1 N–H and O–H groups in total. The average Bonchev–Trinajstić information content (AvgIpc) is 2.56. The monoisotopic (exact) mass is 409 g/mol. The fourth-order valence-corrected chi connectivity index (χ4v) is 4.82. The number of hydrogen-bond donors (Lipinski definition) is 1. The van der Waals surface area contributed by atoms with Crippen LogP contribution in [0.5, 0.6) is 0 Å². The summed E-state index contributed by atoms with van der Waals surface area (Å²) in [6.45, 7) is 6.36. The molecule has 1 amide bonds. The van der Waals surface area contributed by atoms with Gasteiger partial charge in [-0.15, -0.1) is 0 Å². The molecule has 1 aromatic carbocycles. The van der Waals surface area contributed by atoms with E-state index in [1.54, 1.807) is 4.90 Å². The van der Waals surface area contributed by atoms with Gasteiger partial charge in [-0.3, -0.25) is 0 Å². The van der Waals surface area contributed by atoms with E-state index < -0.39 is 28.6 Å². The predicted octanol–water partition coefficient (Wildman–Crippen LogP) is 4.39. The molecule has 0 aromatic heterocycles. The van der Waals surface area contributed by atoms with Gasteiger partial charge < -0.3 is 19.5 Å². The van der Waals surface area contributed by atoms with Gasteiger partial charge in [0.2, 0.25) is 5.92 Å². The van der Waals surface area contributed by atoms with Crippen molar-refractivity contribution in [2.75, 3.05) is 19.8 Å². The van der Waals surface area contributed by atoms with Crippen molar-refractivity contribution < 1.29 is 28.2 Å². The van der Waals surface area contributed by atoms with Crippen molar-refractivity contribution in [3.05, 3.63) is 35.4 Å². The van der Waals surface area contributed by atoms with Crippen LogP contribution in [0, 0.1) is 5.41 Å². The Labute approximate surface area is 170 Å². The zero-order valence-electron chi connectivity index (χ0n) is 17.2. The number of amides is 1. The highest BCUT2D eigenvalue weighted by Gasteiger charge is 2.59. The molecule has 4 rings (SSSR count). The molecule has 1 aliphatic carbocycles. The molecule has 1 spiro atoms. The summed E-state index contributed by atoms with van der Waals surface area (Å²) in [5.74, 6) is -2.60. The van der Waals surface area contributed by atoms with Crippen LogP contribution in [-0.2, 0) is 15.1 Å². The van der Waals surface area contributed by atoms with E-state index in [0.717, 1.165) is 11.1 Å². The van der Waals surface area contributed by atoms with Crippen LogP contribution in [0.4, 0.5) is 13.6 Å². The maximum absolute atomic E-state index is 13.7. The SMILES string of the molecule is CC(C)(C)OC(=O)N1CCC2(C[C@@H]1c1ccc(C3(O)COC3)cc1)CC(F)(F)C2. The maximum atomic E-state index is 13.7.